The predicted molar refractivity (Wildman–Crippen MR) is 44.9 cm³/mol. The van der Waals surface area contributed by atoms with Crippen molar-refractivity contribution in [3.63, 3.8) is 0 Å². The number of hydrogen-bond donors (Lipinski definition) is 2. The van der Waals surface area contributed by atoms with E-state index >= 15 is 0 Å². The van der Waals surface area contributed by atoms with Crippen LogP contribution in [0.15, 0.2) is 15.6 Å². The molecular formula is C6H12N2S. The predicted octanol–water partition coefficient (Wildman–Crippen LogP) is 1.42. The van der Waals surface area contributed by atoms with Gasteiger partial charge in [0.05, 0.1) is 11.4 Å². The van der Waals surface area contributed by atoms with E-state index in [0.717, 1.165) is 10.6 Å². The SMILES string of the molecule is CN/C=N\C(S)=C(C)C. The molecule has 0 unspecified atom stereocenters. The zero-order chi connectivity index (χ0) is 7.28. The van der Waals surface area contributed by atoms with Crippen LogP contribution in [0, 0.1) is 0 Å². The molecule has 0 fully saturated rings. The van der Waals surface area contributed by atoms with E-state index in [1.165, 1.54) is 0 Å². The summed E-state index contributed by atoms with van der Waals surface area (Å²) in [6, 6.07) is 0. The number of allylic oxidation sites excluding steroid dienone is 1. The molecule has 52 valence electrons. The molecule has 0 amide bonds. The number of thiol groups is 1. The third-order valence-electron chi connectivity index (χ3n) is 0.763. The van der Waals surface area contributed by atoms with E-state index in [9.17, 15) is 0 Å². The molecule has 9 heavy (non-hydrogen) atoms. The fraction of sp³-hybridized carbons (Fsp3) is 0.500. The Hall–Kier alpha value is -0.440. The van der Waals surface area contributed by atoms with Gasteiger partial charge in [-0.1, -0.05) is 0 Å². The van der Waals surface area contributed by atoms with Crippen LogP contribution < -0.4 is 5.32 Å². The number of hydrogen-bond acceptors (Lipinski definition) is 2. The summed E-state index contributed by atoms with van der Waals surface area (Å²) in [4.78, 5) is 3.95. The van der Waals surface area contributed by atoms with Gasteiger partial charge in [0.25, 0.3) is 0 Å². The first-order valence-electron chi connectivity index (χ1n) is 2.74. The summed E-state index contributed by atoms with van der Waals surface area (Å²) in [5.41, 5.74) is 1.12. The molecule has 0 aromatic rings. The van der Waals surface area contributed by atoms with Gasteiger partial charge in [-0.25, -0.2) is 4.99 Å². The monoisotopic (exact) mass is 144 g/mol. The molecule has 0 bridgehead atoms. The maximum absolute atomic E-state index is 4.10. The van der Waals surface area contributed by atoms with E-state index in [1.807, 2.05) is 13.8 Å². The maximum atomic E-state index is 4.10. The van der Waals surface area contributed by atoms with Crippen LogP contribution in [-0.4, -0.2) is 13.4 Å². The van der Waals surface area contributed by atoms with Gasteiger partial charge in [0.2, 0.25) is 0 Å². The largest absolute Gasteiger partial charge is 0.379 e. The average Bonchev–Trinajstić information content (AvgIpc) is 1.82. The van der Waals surface area contributed by atoms with Crippen LogP contribution in [0.2, 0.25) is 0 Å². The summed E-state index contributed by atoms with van der Waals surface area (Å²) in [6.45, 7) is 3.94. The molecule has 0 radical (unpaired) electrons. The van der Waals surface area contributed by atoms with Crippen LogP contribution in [0.3, 0.4) is 0 Å². The normalized spacial score (nSPS) is 9.78. The second-order valence-corrected chi connectivity index (χ2v) is 2.29. The minimum Gasteiger partial charge on any atom is -0.379 e. The Labute approximate surface area is 61.5 Å². The van der Waals surface area contributed by atoms with Gasteiger partial charge in [-0.2, -0.15) is 0 Å². The van der Waals surface area contributed by atoms with Gasteiger partial charge in [0.1, 0.15) is 0 Å². The Kier molecular flexibility index (Phi) is 4.22. The Balaban J connectivity index is 3.91. The Morgan fingerprint density at radius 2 is 2.11 bits per heavy atom. The molecule has 0 aliphatic carbocycles. The van der Waals surface area contributed by atoms with Gasteiger partial charge >= 0.3 is 0 Å². The van der Waals surface area contributed by atoms with E-state index < -0.39 is 0 Å². The molecule has 2 nitrogen and oxygen atoms in total. The van der Waals surface area contributed by atoms with E-state index in [4.69, 9.17) is 0 Å². The highest BCUT2D eigenvalue weighted by Gasteiger charge is 1.84. The molecule has 0 atom stereocenters. The maximum Gasteiger partial charge on any atom is 0.0933 e. The van der Waals surface area contributed by atoms with Gasteiger partial charge < -0.3 is 5.32 Å². The topological polar surface area (TPSA) is 24.4 Å². The van der Waals surface area contributed by atoms with Gasteiger partial charge in [-0.3, -0.25) is 0 Å². The lowest BCUT2D eigenvalue weighted by atomic mass is 10.4. The van der Waals surface area contributed by atoms with Crippen LogP contribution in [0.25, 0.3) is 0 Å². The molecular weight excluding hydrogens is 132 g/mol. The summed E-state index contributed by atoms with van der Waals surface area (Å²) < 4.78 is 0. The second-order valence-electron chi connectivity index (χ2n) is 1.87. The van der Waals surface area contributed by atoms with Gasteiger partial charge in [0, 0.05) is 7.05 Å². The van der Waals surface area contributed by atoms with E-state index in [1.54, 1.807) is 13.4 Å². The molecule has 0 saturated carbocycles. The van der Waals surface area contributed by atoms with Crippen molar-refractivity contribution in [3.05, 3.63) is 10.6 Å². The van der Waals surface area contributed by atoms with Crippen LogP contribution in [0.4, 0.5) is 0 Å². The van der Waals surface area contributed by atoms with E-state index in [0.29, 0.717) is 0 Å². The number of aliphatic imine (C=N–C) groups is 1. The minimum atomic E-state index is 0.768. The van der Waals surface area contributed by atoms with Crippen molar-refractivity contribution in [2.45, 2.75) is 13.8 Å². The molecule has 0 aliphatic heterocycles. The Morgan fingerprint density at radius 3 is 2.44 bits per heavy atom. The van der Waals surface area contributed by atoms with Crippen molar-refractivity contribution < 1.29 is 0 Å². The summed E-state index contributed by atoms with van der Waals surface area (Å²) in [5, 5.41) is 3.55. The van der Waals surface area contributed by atoms with E-state index in [-0.39, 0.29) is 0 Å². The molecule has 0 aromatic heterocycles. The molecule has 1 N–H and O–H groups in total. The molecule has 0 heterocycles. The quantitative estimate of drug-likeness (QED) is 0.342. The third-order valence-corrected chi connectivity index (χ3v) is 1.33. The smallest absolute Gasteiger partial charge is 0.0933 e. The number of nitrogens with one attached hydrogen (secondary N) is 1. The summed E-state index contributed by atoms with van der Waals surface area (Å²) in [7, 11) is 1.80. The minimum absolute atomic E-state index is 0.768. The molecule has 0 saturated heterocycles. The second kappa shape index (κ2) is 4.44. The van der Waals surface area contributed by atoms with Crippen molar-refractivity contribution in [1.82, 2.24) is 5.32 Å². The third kappa shape index (κ3) is 4.09. The van der Waals surface area contributed by atoms with Crippen LogP contribution in [0.1, 0.15) is 13.8 Å². The lowest BCUT2D eigenvalue weighted by Gasteiger charge is -1.92. The highest BCUT2D eigenvalue weighted by Crippen LogP contribution is 2.06. The zero-order valence-electron chi connectivity index (χ0n) is 5.97. The summed E-state index contributed by atoms with van der Waals surface area (Å²) in [6.07, 6.45) is 1.61. The highest BCUT2D eigenvalue weighted by atomic mass is 32.1. The molecule has 0 aromatic carbocycles. The molecule has 0 spiro atoms. The van der Waals surface area contributed by atoms with Crippen LogP contribution >= 0.6 is 12.6 Å². The van der Waals surface area contributed by atoms with Crippen molar-refractivity contribution in [1.29, 1.82) is 0 Å². The summed E-state index contributed by atoms with van der Waals surface area (Å²) in [5.74, 6) is 0. The first-order valence-corrected chi connectivity index (χ1v) is 3.19. The first-order chi connectivity index (χ1) is 4.18. The van der Waals surface area contributed by atoms with Gasteiger partial charge in [0.15, 0.2) is 0 Å². The van der Waals surface area contributed by atoms with E-state index in [2.05, 4.69) is 22.9 Å². The number of nitrogens with zero attached hydrogens (tertiary/aromatic N) is 1. The van der Waals surface area contributed by atoms with Crippen molar-refractivity contribution >= 4 is 19.0 Å². The summed E-state index contributed by atoms with van der Waals surface area (Å²) >= 11 is 4.10. The molecule has 3 heteroatoms. The zero-order valence-corrected chi connectivity index (χ0v) is 6.87. The Bertz CT molecular complexity index is 134. The standard InChI is InChI=1S/C6H12N2S/c1-5(2)6(9)8-4-7-3/h4,9H,1-3H3,(H,7,8). The van der Waals surface area contributed by atoms with Gasteiger partial charge in [-0.05, 0) is 19.4 Å². The fourth-order valence-corrected chi connectivity index (χ4v) is 0.313. The Morgan fingerprint density at radius 1 is 1.56 bits per heavy atom. The van der Waals surface area contributed by atoms with Crippen molar-refractivity contribution in [3.8, 4) is 0 Å². The first kappa shape index (κ1) is 8.56. The van der Waals surface area contributed by atoms with Gasteiger partial charge in [-0.15, -0.1) is 12.6 Å². The highest BCUT2D eigenvalue weighted by molar-refractivity contribution is 7.84. The van der Waals surface area contributed by atoms with Crippen molar-refractivity contribution in [2.75, 3.05) is 7.05 Å². The molecule has 0 rings (SSSR count). The fourth-order valence-electron chi connectivity index (χ4n) is 0.255. The molecule has 0 aliphatic rings. The van der Waals surface area contributed by atoms with Crippen LogP contribution in [-0.2, 0) is 0 Å². The van der Waals surface area contributed by atoms with Crippen molar-refractivity contribution in [2.24, 2.45) is 4.99 Å². The lowest BCUT2D eigenvalue weighted by molar-refractivity contribution is 1.19. The average molecular weight is 144 g/mol. The number of rotatable bonds is 2. The lowest BCUT2D eigenvalue weighted by Crippen LogP contribution is -2.00. The van der Waals surface area contributed by atoms with Crippen LogP contribution in [0.5, 0.6) is 0 Å².